The summed E-state index contributed by atoms with van der Waals surface area (Å²) in [5, 5.41) is 4.74. The lowest BCUT2D eigenvalue weighted by molar-refractivity contribution is -0.121. The fraction of sp³-hybridized carbons (Fsp3) is 0.500. The van der Waals surface area contributed by atoms with Gasteiger partial charge < -0.3 is 0 Å². The number of hydrogen-bond acceptors (Lipinski definition) is 2. The molecule has 3 nitrogen and oxygen atoms in total. The van der Waals surface area contributed by atoms with Crippen LogP contribution in [0.1, 0.15) is 57.9 Å². The lowest BCUT2D eigenvalue weighted by Gasteiger charge is -2.04. The number of nitrogens with zero attached hydrogens (tertiary/aromatic N) is 1. The van der Waals surface area contributed by atoms with E-state index in [1.54, 1.807) is 0 Å². The molecule has 0 unspecified atom stereocenters. The van der Waals surface area contributed by atoms with E-state index in [1.807, 2.05) is 31.2 Å². The van der Waals surface area contributed by atoms with Crippen LogP contribution in [0.25, 0.3) is 0 Å². The summed E-state index contributed by atoms with van der Waals surface area (Å²) in [5.74, 6) is -0.0343. The lowest BCUT2D eigenvalue weighted by atomic mass is 10.1. The molecule has 1 rings (SSSR count). The van der Waals surface area contributed by atoms with Crippen LogP contribution >= 0.6 is 11.6 Å². The van der Waals surface area contributed by atoms with Gasteiger partial charge in [0.25, 0.3) is 0 Å². The average Bonchev–Trinajstić information content (AvgIpc) is 2.45. The summed E-state index contributed by atoms with van der Waals surface area (Å²) in [7, 11) is 0. The first kappa shape index (κ1) is 16.7. The number of unbranched alkanes of at least 4 members (excludes halogenated alkanes) is 4. The van der Waals surface area contributed by atoms with Gasteiger partial charge in [0.1, 0.15) is 0 Å². The second-order valence-electron chi connectivity index (χ2n) is 4.88. The largest absolute Gasteiger partial charge is 0.273 e. The molecular formula is C16H23ClN2O. The molecular weight excluding hydrogens is 272 g/mol. The van der Waals surface area contributed by atoms with E-state index in [0.29, 0.717) is 11.4 Å². The molecule has 1 aromatic rings. The molecule has 0 atom stereocenters. The normalized spacial score (nSPS) is 11.4. The Kier molecular flexibility index (Phi) is 7.97. The van der Waals surface area contributed by atoms with Gasteiger partial charge in [0.2, 0.25) is 5.91 Å². The van der Waals surface area contributed by atoms with Crippen molar-refractivity contribution in [3.8, 4) is 0 Å². The van der Waals surface area contributed by atoms with Gasteiger partial charge in [0.05, 0.1) is 5.71 Å². The number of rotatable bonds is 8. The summed E-state index contributed by atoms with van der Waals surface area (Å²) < 4.78 is 0. The molecule has 0 saturated carbocycles. The molecule has 0 heterocycles. The maximum Gasteiger partial charge on any atom is 0.240 e. The third-order valence-corrected chi connectivity index (χ3v) is 3.45. The van der Waals surface area contributed by atoms with Gasteiger partial charge in [0.15, 0.2) is 0 Å². The first-order valence-corrected chi connectivity index (χ1v) is 7.61. The highest BCUT2D eigenvalue weighted by molar-refractivity contribution is 6.34. The van der Waals surface area contributed by atoms with Gasteiger partial charge in [0, 0.05) is 17.0 Å². The molecule has 20 heavy (non-hydrogen) atoms. The van der Waals surface area contributed by atoms with Crippen LogP contribution < -0.4 is 5.43 Å². The lowest BCUT2D eigenvalue weighted by Crippen LogP contribution is -2.18. The van der Waals surface area contributed by atoms with Crippen molar-refractivity contribution in [2.45, 2.75) is 52.4 Å². The molecule has 0 saturated heterocycles. The minimum Gasteiger partial charge on any atom is -0.273 e. The first-order valence-electron chi connectivity index (χ1n) is 7.23. The maximum absolute atomic E-state index is 11.6. The number of benzene rings is 1. The van der Waals surface area contributed by atoms with Crippen molar-refractivity contribution < 1.29 is 4.79 Å². The Hall–Kier alpha value is -1.35. The molecule has 0 spiro atoms. The molecule has 0 aromatic heterocycles. The molecule has 0 aliphatic rings. The summed E-state index contributed by atoms with van der Waals surface area (Å²) in [4.78, 5) is 11.6. The van der Waals surface area contributed by atoms with E-state index in [2.05, 4.69) is 17.5 Å². The number of hydrazone groups is 1. The van der Waals surface area contributed by atoms with Gasteiger partial charge in [-0.1, -0.05) is 62.4 Å². The molecule has 0 bridgehead atoms. The summed E-state index contributed by atoms with van der Waals surface area (Å²) in [6, 6.07) is 7.47. The Morgan fingerprint density at radius 1 is 1.20 bits per heavy atom. The average molecular weight is 295 g/mol. The van der Waals surface area contributed by atoms with Gasteiger partial charge in [-0.25, -0.2) is 5.43 Å². The molecule has 1 amide bonds. The fourth-order valence-electron chi connectivity index (χ4n) is 1.91. The van der Waals surface area contributed by atoms with E-state index in [1.165, 1.54) is 19.3 Å². The molecule has 0 aliphatic heterocycles. The number of halogens is 1. The fourth-order valence-corrected chi connectivity index (χ4v) is 2.18. The van der Waals surface area contributed by atoms with Gasteiger partial charge >= 0.3 is 0 Å². The predicted molar refractivity (Wildman–Crippen MR) is 85.2 cm³/mol. The number of hydrogen-bond donors (Lipinski definition) is 1. The molecule has 0 aliphatic carbocycles. The van der Waals surface area contributed by atoms with Crippen molar-refractivity contribution in [3.05, 3.63) is 34.9 Å². The molecule has 4 heteroatoms. The number of nitrogens with one attached hydrogen (secondary N) is 1. The Morgan fingerprint density at radius 2 is 1.90 bits per heavy atom. The second kappa shape index (κ2) is 9.54. The summed E-state index contributed by atoms with van der Waals surface area (Å²) >= 11 is 6.07. The van der Waals surface area contributed by atoms with Gasteiger partial charge in [-0.3, -0.25) is 4.79 Å². The second-order valence-corrected chi connectivity index (χ2v) is 5.28. The number of amides is 1. The van der Waals surface area contributed by atoms with Crippen molar-refractivity contribution in [2.24, 2.45) is 5.10 Å². The summed E-state index contributed by atoms with van der Waals surface area (Å²) in [6.45, 7) is 4.02. The number of carbonyl (C=O) groups excluding carboxylic acids is 1. The number of carbonyl (C=O) groups is 1. The van der Waals surface area contributed by atoms with Gasteiger partial charge in [-0.15, -0.1) is 0 Å². The van der Waals surface area contributed by atoms with Crippen LogP contribution in [-0.4, -0.2) is 11.6 Å². The van der Waals surface area contributed by atoms with Crippen LogP contribution in [0.4, 0.5) is 0 Å². The van der Waals surface area contributed by atoms with E-state index in [4.69, 9.17) is 11.6 Å². The van der Waals surface area contributed by atoms with Crippen LogP contribution in [0.3, 0.4) is 0 Å². The van der Waals surface area contributed by atoms with Crippen molar-refractivity contribution in [1.82, 2.24) is 5.43 Å². The molecule has 110 valence electrons. The zero-order valence-electron chi connectivity index (χ0n) is 12.3. The third-order valence-electron chi connectivity index (χ3n) is 3.12. The summed E-state index contributed by atoms with van der Waals surface area (Å²) in [6.07, 6.45) is 6.22. The molecule has 1 N–H and O–H groups in total. The molecule has 0 radical (unpaired) electrons. The Morgan fingerprint density at radius 3 is 2.60 bits per heavy atom. The highest BCUT2D eigenvalue weighted by Crippen LogP contribution is 2.15. The van der Waals surface area contributed by atoms with Crippen molar-refractivity contribution in [2.75, 3.05) is 0 Å². The maximum atomic E-state index is 11.6. The summed E-state index contributed by atoms with van der Waals surface area (Å²) in [5.41, 5.74) is 4.15. The molecule has 0 fully saturated rings. The Bertz CT molecular complexity index is 458. The smallest absolute Gasteiger partial charge is 0.240 e. The minimum absolute atomic E-state index is 0.0343. The standard InChI is InChI=1S/C16H23ClN2O/c1-3-4-5-6-7-12-16(20)19-18-13(2)14-10-8-9-11-15(14)17/h8-11H,3-7,12H2,1-2H3,(H,19,20)/b18-13+. The third kappa shape index (κ3) is 6.20. The zero-order valence-corrected chi connectivity index (χ0v) is 13.0. The van der Waals surface area contributed by atoms with E-state index >= 15 is 0 Å². The van der Waals surface area contributed by atoms with Crippen LogP contribution in [0.15, 0.2) is 29.4 Å². The first-order chi connectivity index (χ1) is 9.65. The monoisotopic (exact) mass is 294 g/mol. The molecule has 1 aromatic carbocycles. The highest BCUT2D eigenvalue weighted by atomic mass is 35.5. The SMILES string of the molecule is CCCCCCCC(=O)N/N=C(\C)c1ccccc1Cl. The van der Waals surface area contributed by atoms with E-state index in [9.17, 15) is 4.79 Å². The topological polar surface area (TPSA) is 41.5 Å². The van der Waals surface area contributed by atoms with Crippen molar-refractivity contribution in [3.63, 3.8) is 0 Å². The van der Waals surface area contributed by atoms with Crippen LogP contribution in [0.2, 0.25) is 5.02 Å². The van der Waals surface area contributed by atoms with Gasteiger partial charge in [-0.2, -0.15) is 5.10 Å². The highest BCUT2D eigenvalue weighted by Gasteiger charge is 2.04. The van der Waals surface area contributed by atoms with E-state index in [-0.39, 0.29) is 5.91 Å². The Balaban J connectivity index is 2.36. The van der Waals surface area contributed by atoms with E-state index in [0.717, 1.165) is 24.1 Å². The van der Waals surface area contributed by atoms with Crippen LogP contribution in [0.5, 0.6) is 0 Å². The Labute approximate surface area is 126 Å². The predicted octanol–water partition coefficient (Wildman–Crippen LogP) is 4.54. The van der Waals surface area contributed by atoms with Crippen LogP contribution in [0, 0.1) is 0 Å². The quantitative estimate of drug-likeness (QED) is 0.427. The minimum atomic E-state index is -0.0343. The van der Waals surface area contributed by atoms with Crippen molar-refractivity contribution >= 4 is 23.2 Å². The van der Waals surface area contributed by atoms with Crippen molar-refractivity contribution in [1.29, 1.82) is 0 Å². The zero-order chi connectivity index (χ0) is 14.8. The van der Waals surface area contributed by atoms with Crippen LogP contribution in [-0.2, 0) is 4.79 Å². The van der Waals surface area contributed by atoms with E-state index < -0.39 is 0 Å². The van der Waals surface area contributed by atoms with Gasteiger partial charge in [-0.05, 0) is 19.4 Å².